The van der Waals surface area contributed by atoms with Crippen LogP contribution in [0.3, 0.4) is 0 Å². The summed E-state index contributed by atoms with van der Waals surface area (Å²) in [5, 5.41) is 6.27. The van der Waals surface area contributed by atoms with Gasteiger partial charge in [-0.05, 0) is 37.1 Å². The summed E-state index contributed by atoms with van der Waals surface area (Å²) in [6.45, 7) is 4.11. The minimum Gasteiger partial charge on any atom is -0.384 e. The van der Waals surface area contributed by atoms with Crippen LogP contribution in [0, 0.1) is 5.41 Å². The molecule has 1 aliphatic heterocycles. The van der Waals surface area contributed by atoms with E-state index >= 15 is 0 Å². The van der Waals surface area contributed by atoms with Crippen molar-refractivity contribution in [2.75, 3.05) is 32.1 Å². The summed E-state index contributed by atoms with van der Waals surface area (Å²) in [7, 11) is 1.64. The summed E-state index contributed by atoms with van der Waals surface area (Å²) >= 11 is 0. The summed E-state index contributed by atoms with van der Waals surface area (Å²) in [6.07, 6.45) is 1.79. The molecule has 104 valence electrons. The van der Waals surface area contributed by atoms with Crippen LogP contribution in [0.2, 0.25) is 0 Å². The van der Waals surface area contributed by atoms with Crippen molar-refractivity contribution in [2.45, 2.75) is 19.8 Å². The second kappa shape index (κ2) is 6.17. The fourth-order valence-corrected chi connectivity index (χ4v) is 2.54. The third-order valence-corrected chi connectivity index (χ3v) is 3.74. The summed E-state index contributed by atoms with van der Waals surface area (Å²) in [4.78, 5) is 12.5. The Kier molecular flexibility index (Phi) is 4.56. The Labute approximate surface area is 114 Å². The molecule has 0 spiro atoms. The summed E-state index contributed by atoms with van der Waals surface area (Å²) in [5.41, 5.74) is 1.66. The van der Waals surface area contributed by atoms with Crippen LogP contribution in [0.25, 0.3) is 0 Å². The normalized spacial score (nSPS) is 22.4. The van der Waals surface area contributed by atoms with Crippen LogP contribution in [0.5, 0.6) is 0 Å². The van der Waals surface area contributed by atoms with E-state index in [0.717, 1.165) is 25.1 Å². The average Bonchev–Trinajstić information content (AvgIpc) is 2.89. The van der Waals surface area contributed by atoms with E-state index in [1.165, 1.54) is 5.56 Å². The Bertz CT molecular complexity index is 440. The molecular formula is C15H22N2O2. The molecule has 1 aliphatic rings. The molecule has 1 aromatic rings. The van der Waals surface area contributed by atoms with Gasteiger partial charge in [0.25, 0.3) is 0 Å². The molecule has 19 heavy (non-hydrogen) atoms. The van der Waals surface area contributed by atoms with Gasteiger partial charge in [0.1, 0.15) is 0 Å². The van der Waals surface area contributed by atoms with Crippen LogP contribution in [-0.4, -0.2) is 32.7 Å². The molecule has 1 heterocycles. The van der Waals surface area contributed by atoms with Crippen molar-refractivity contribution in [2.24, 2.45) is 5.41 Å². The lowest BCUT2D eigenvalue weighted by Gasteiger charge is -2.26. The summed E-state index contributed by atoms with van der Waals surface area (Å²) < 4.78 is 5.23. The lowest BCUT2D eigenvalue weighted by Crippen LogP contribution is -2.41. The van der Waals surface area contributed by atoms with Crippen LogP contribution < -0.4 is 10.6 Å². The number of methoxy groups -OCH3 is 1. The number of hydrogen-bond donors (Lipinski definition) is 2. The molecular weight excluding hydrogens is 240 g/mol. The van der Waals surface area contributed by atoms with Crippen LogP contribution in [-0.2, 0) is 16.0 Å². The van der Waals surface area contributed by atoms with Crippen molar-refractivity contribution in [3.63, 3.8) is 0 Å². The van der Waals surface area contributed by atoms with E-state index in [1.807, 2.05) is 18.2 Å². The van der Waals surface area contributed by atoms with Crippen molar-refractivity contribution >= 4 is 11.6 Å². The maximum atomic E-state index is 12.5. The summed E-state index contributed by atoms with van der Waals surface area (Å²) in [5.74, 6) is 0.0487. The Hall–Kier alpha value is -1.39. The first-order valence-corrected chi connectivity index (χ1v) is 6.80. The van der Waals surface area contributed by atoms with E-state index in [-0.39, 0.29) is 5.91 Å². The highest BCUT2D eigenvalue weighted by Gasteiger charge is 2.41. The highest BCUT2D eigenvalue weighted by molar-refractivity contribution is 5.96. The number of benzene rings is 1. The molecule has 1 saturated heterocycles. The van der Waals surface area contributed by atoms with E-state index in [1.54, 1.807) is 7.11 Å². The second-order valence-electron chi connectivity index (χ2n) is 5.15. The zero-order valence-electron chi connectivity index (χ0n) is 11.7. The minimum atomic E-state index is -0.434. The third kappa shape index (κ3) is 3.14. The maximum absolute atomic E-state index is 12.5. The van der Waals surface area contributed by atoms with E-state index in [2.05, 4.69) is 23.6 Å². The van der Waals surface area contributed by atoms with E-state index < -0.39 is 5.41 Å². The highest BCUT2D eigenvalue weighted by atomic mass is 16.5. The molecule has 2 N–H and O–H groups in total. The Morgan fingerprint density at radius 2 is 2.37 bits per heavy atom. The molecule has 4 heteroatoms. The van der Waals surface area contributed by atoms with Gasteiger partial charge in [-0.1, -0.05) is 19.1 Å². The fourth-order valence-electron chi connectivity index (χ4n) is 2.54. The zero-order chi connectivity index (χ0) is 13.7. The van der Waals surface area contributed by atoms with E-state index in [0.29, 0.717) is 13.2 Å². The number of nitrogens with one attached hydrogen (secondary N) is 2. The number of aryl methyl sites for hydroxylation is 1. The van der Waals surface area contributed by atoms with Crippen LogP contribution in [0.4, 0.5) is 5.69 Å². The maximum Gasteiger partial charge on any atom is 0.234 e. The Morgan fingerprint density at radius 3 is 3.00 bits per heavy atom. The quantitative estimate of drug-likeness (QED) is 0.851. The fraction of sp³-hybridized carbons (Fsp3) is 0.533. The molecule has 4 nitrogen and oxygen atoms in total. The predicted octanol–water partition coefficient (Wildman–Crippen LogP) is 1.81. The standard InChI is InChI=1S/C15H22N2O2/c1-3-12-5-4-6-13(9-12)17-14(18)15(11-19-2)7-8-16-10-15/h4-6,9,16H,3,7-8,10-11H2,1-2H3,(H,17,18). The molecule has 2 rings (SSSR count). The first kappa shape index (κ1) is 14.0. The second-order valence-corrected chi connectivity index (χ2v) is 5.15. The van der Waals surface area contributed by atoms with Gasteiger partial charge in [-0.2, -0.15) is 0 Å². The molecule has 0 saturated carbocycles. The largest absolute Gasteiger partial charge is 0.384 e. The van der Waals surface area contributed by atoms with Gasteiger partial charge in [0.05, 0.1) is 12.0 Å². The average molecular weight is 262 g/mol. The van der Waals surface area contributed by atoms with Crippen molar-refractivity contribution < 1.29 is 9.53 Å². The topological polar surface area (TPSA) is 50.4 Å². The molecule has 1 atom stereocenters. The van der Waals surface area contributed by atoms with Gasteiger partial charge in [-0.25, -0.2) is 0 Å². The number of amides is 1. The number of carbonyl (C=O) groups excluding carboxylic acids is 1. The van der Waals surface area contributed by atoms with E-state index in [9.17, 15) is 4.79 Å². The van der Waals surface area contributed by atoms with Gasteiger partial charge in [0.15, 0.2) is 0 Å². The Morgan fingerprint density at radius 1 is 1.53 bits per heavy atom. The molecule has 1 amide bonds. The molecule has 0 radical (unpaired) electrons. The first-order chi connectivity index (χ1) is 9.20. The van der Waals surface area contributed by atoms with Crippen LogP contribution in [0.15, 0.2) is 24.3 Å². The molecule has 0 aliphatic carbocycles. The minimum absolute atomic E-state index is 0.0487. The van der Waals surface area contributed by atoms with Gasteiger partial charge in [-0.15, -0.1) is 0 Å². The molecule has 0 aromatic heterocycles. The van der Waals surface area contributed by atoms with Gasteiger partial charge < -0.3 is 15.4 Å². The lowest BCUT2D eigenvalue weighted by atomic mass is 9.87. The number of ether oxygens (including phenoxy) is 1. The number of anilines is 1. The summed E-state index contributed by atoms with van der Waals surface area (Å²) in [6, 6.07) is 8.00. The van der Waals surface area contributed by atoms with Gasteiger partial charge >= 0.3 is 0 Å². The van der Waals surface area contributed by atoms with Crippen LogP contribution >= 0.6 is 0 Å². The van der Waals surface area contributed by atoms with Gasteiger partial charge in [-0.3, -0.25) is 4.79 Å². The first-order valence-electron chi connectivity index (χ1n) is 6.80. The molecule has 1 fully saturated rings. The number of hydrogen-bond acceptors (Lipinski definition) is 3. The molecule has 1 unspecified atom stereocenters. The SMILES string of the molecule is CCc1cccc(NC(=O)C2(COC)CCNC2)c1. The smallest absolute Gasteiger partial charge is 0.234 e. The lowest BCUT2D eigenvalue weighted by molar-refractivity contribution is -0.127. The van der Waals surface area contributed by atoms with Gasteiger partial charge in [0, 0.05) is 19.3 Å². The number of carbonyl (C=O) groups is 1. The molecule has 1 aromatic carbocycles. The van der Waals surface area contributed by atoms with Crippen molar-refractivity contribution in [1.29, 1.82) is 0 Å². The molecule has 0 bridgehead atoms. The monoisotopic (exact) mass is 262 g/mol. The Balaban J connectivity index is 2.10. The zero-order valence-corrected chi connectivity index (χ0v) is 11.7. The van der Waals surface area contributed by atoms with E-state index in [4.69, 9.17) is 4.74 Å². The van der Waals surface area contributed by atoms with Crippen molar-refractivity contribution in [1.82, 2.24) is 5.32 Å². The van der Waals surface area contributed by atoms with Crippen LogP contribution in [0.1, 0.15) is 18.9 Å². The van der Waals surface area contributed by atoms with Crippen molar-refractivity contribution in [3.8, 4) is 0 Å². The van der Waals surface area contributed by atoms with Gasteiger partial charge in [0.2, 0.25) is 5.91 Å². The number of rotatable bonds is 5. The predicted molar refractivity (Wildman–Crippen MR) is 76.2 cm³/mol. The highest BCUT2D eigenvalue weighted by Crippen LogP contribution is 2.28. The third-order valence-electron chi connectivity index (χ3n) is 3.74. The van der Waals surface area contributed by atoms with Crippen molar-refractivity contribution in [3.05, 3.63) is 29.8 Å².